The highest BCUT2D eigenvalue weighted by atomic mass is 32.3. The van der Waals surface area contributed by atoms with Crippen LogP contribution >= 0.6 is 0 Å². The maximum atomic E-state index is 12.6. The molecule has 0 spiro atoms. The van der Waals surface area contributed by atoms with Gasteiger partial charge in [0.05, 0.1) is 42.1 Å². The number of hydrogen-bond donors (Lipinski definition) is 1. The fourth-order valence-electron chi connectivity index (χ4n) is 5.43. The van der Waals surface area contributed by atoms with Crippen LogP contribution in [0.2, 0.25) is 0 Å². The van der Waals surface area contributed by atoms with Gasteiger partial charge in [-0.3, -0.25) is 4.98 Å². The minimum absolute atomic E-state index is 0.0463. The van der Waals surface area contributed by atoms with E-state index in [-0.39, 0.29) is 5.69 Å². The van der Waals surface area contributed by atoms with Gasteiger partial charge in [-0.25, -0.2) is 16.8 Å². The van der Waals surface area contributed by atoms with Crippen molar-refractivity contribution in [1.82, 2.24) is 4.98 Å². The molecule has 2 N–H and O–H groups in total. The lowest BCUT2D eigenvalue weighted by atomic mass is 10.1. The van der Waals surface area contributed by atoms with Crippen molar-refractivity contribution in [2.75, 3.05) is 33.5 Å². The molecule has 258 valence electrons. The van der Waals surface area contributed by atoms with Gasteiger partial charge in [0.2, 0.25) is 20.0 Å². The van der Waals surface area contributed by atoms with Gasteiger partial charge in [-0.05, 0) is 83.8 Å². The minimum atomic E-state index is -4.15. The summed E-state index contributed by atoms with van der Waals surface area (Å²) < 4.78 is 63.0. The summed E-state index contributed by atoms with van der Waals surface area (Å²) in [4.78, 5) is 6.15. The third kappa shape index (κ3) is 9.10. The first-order valence-electron chi connectivity index (χ1n) is 15.5. The molecule has 0 aliphatic carbocycles. The topological polar surface area (TPSA) is 156 Å². The van der Waals surface area contributed by atoms with E-state index in [0.717, 1.165) is 29.2 Å². The van der Waals surface area contributed by atoms with Crippen LogP contribution in [0.15, 0.2) is 109 Å². The molecule has 0 radical (unpaired) electrons. The van der Waals surface area contributed by atoms with Gasteiger partial charge in [-0.15, -0.1) is 0 Å². The predicted octanol–water partition coefficient (Wildman–Crippen LogP) is 6.19. The Labute approximate surface area is 293 Å². The zero-order valence-electron chi connectivity index (χ0n) is 27.9. The molecule has 0 unspecified atom stereocenters. The van der Waals surface area contributed by atoms with Gasteiger partial charge in [0, 0.05) is 43.7 Å². The van der Waals surface area contributed by atoms with E-state index in [2.05, 4.69) is 11.1 Å². The van der Waals surface area contributed by atoms with Crippen molar-refractivity contribution in [3.63, 3.8) is 0 Å². The summed E-state index contributed by atoms with van der Waals surface area (Å²) in [6.45, 7) is 2.90. The predicted molar refractivity (Wildman–Crippen MR) is 195 cm³/mol. The maximum absolute atomic E-state index is 12.6. The van der Waals surface area contributed by atoms with E-state index in [9.17, 15) is 22.1 Å². The summed E-state index contributed by atoms with van der Waals surface area (Å²) in [6, 6.07) is 30.8. The quantitative estimate of drug-likeness (QED) is 0.132. The maximum Gasteiger partial charge on any atom is 0.245 e. The molecular weight excluding hydrogens is 675 g/mol. The van der Waals surface area contributed by atoms with E-state index in [0.29, 0.717) is 69.6 Å². The lowest BCUT2D eigenvalue weighted by Crippen LogP contribution is -2.36. The molecule has 0 fully saturated rings. The zero-order chi connectivity index (χ0) is 35.9. The molecule has 5 rings (SSSR count). The molecule has 50 heavy (non-hydrogen) atoms. The van der Waals surface area contributed by atoms with Crippen LogP contribution in [0.3, 0.4) is 0 Å². The number of nitrogens with zero attached hydrogens (tertiary/aromatic N) is 4. The molecule has 0 aliphatic heterocycles. The third-order valence-electron chi connectivity index (χ3n) is 7.76. The number of nitrogens with two attached hydrogens (primary N) is 1. The van der Waals surface area contributed by atoms with Gasteiger partial charge in [0.15, 0.2) is 0 Å². The van der Waals surface area contributed by atoms with Crippen LogP contribution in [0.1, 0.15) is 27.8 Å². The van der Waals surface area contributed by atoms with Crippen LogP contribution in [-0.4, -0.2) is 40.9 Å². The van der Waals surface area contributed by atoms with Gasteiger partial charge in [0.1, 0.15) is 17.2 Å². The van der Waals surface area contributed by atoms with Crippen molar-refractivity contribution < 1.29 is 26.3 Å². The Morgan fingerprint density at radius 2 is 1.40 bits per heavy atom. The van der Waals surface area contributed by atoms with Gasteiger partial charge >= 0.3 is 0 Å². The number of benzene rings is 4. The minimum Gasteiger partial charge on any atom is -0.491 e. The number of pyridine rings is 1. The molecular formula is C37H37N5O6S2. The first-order valence-corrected chi connectivity index (χ1v) is 19.2. The fourth-order valence-corrected chi connectivity index (χ4v) is 8.51. The van der Waals surface area contributed by atoms with Crippen molar-refractivity contribution >= 4 is 37.1 Å². The number of sulfonamides is 2. The summed E-state index contributed by atoms with van der Waals surface area (Å²) in [5.74, 6) is 1.66. The number of hydrogen-bond acceptors (Lipinski definition) is 10. The summed E-state index contributed by atoms with van der Waals surface area (Å²) >= 11 is 0. The summed E-state index contributed by atoms with van der Waals surface area (Å²) in [7, 11) is -8.31. The Hall–Kier alpha value is -5.58. The summed E-state index contributed by atoms with van der Waals surface area (Å²) in [5, 5.41) is 9.26. The molecule has 0 saturated carbocycles. The van der Waals surface area contributed by atoms with Gasteiger partial charge in [-0.2, -0.15) is 8.97 Å². The molecule has 4 aromatic carbocycles. The van der Waals surface area contributed by atoms with E-state index in [1.54, 1.807) is 55.7 Å². The highest BCUT2D eigenvalue weighted by Crippen LogP contribution is 2.35. The zero-order valence-corrected chi connectivity index (χ0v) is 29.5. The highest BCUT2D eigenvalue weighted by Gasteiger charge is 2.30. The van der Waals surface area contributed by atoms with Crippen LogP contribution in [0.5, 0.6) is 17.2 Å². The fraction of sp³-hybridized carbons (Fsp3) is 0.189. The Kier molecular flexibility index (Phi) is 10.9. The summed E-state index contributed by atoms with van der Waals surface area (Å²) in [6.07, 6.45) is 5.93. The molecule has 0 aliphatic rings. The van der Waals surface area contributed by atoms with Gasteiger partial charge in [0.25, 0.3) is 0 Å². The SMILES string of the molecule is Cc1c(N(Cc2ccc(C#N)cc2)Cc2ccc(Oc3ccc(N)c(OCCc4cccnc4)c3)cc2)cccc1N(S(C)(=O)=O)S(C)(=O)=O. The molecule has 11 nitrogen and oxygen atoms in total. The van der Waals surface area contributed by atoms with Crippen molar-refractivity contribution in [2.45, 2.75) is 26.4 Å². The van der Waals surface area contributed by atoms with Crippen molar-refractivity contribution in [2.24, 2.45) is 0 Å². The second-order valence-corrected chi connectivity index (χ2v) is 15.6. The molecule has 0 amide bonds. The van der Waals surface area contributed by atoms with E-state index >= 15 is 0 Å². The molecule has 0 bridgehead atoms. The van der Waals surface area contributed by atoms with Crippen LogP contribution in [0.4, 0.5) is 17.1 Å². The van der Waals surface area contributed by atoms with E-state index in [4.69, 9.17) is 15.2 Å². The number of nitrogen functional groups attached to an aromatic ring is 1. The van der Waals surface area contributed by atoms with Crippen molar-refractivity contribution in [1.29, 1.82) is 5.26 Å². The second-order valence-electron chi connectivity index (χ2n) is 11.7. The highest BCUT2D eigenvalue weighted by molar-refractivity contribution is 8.09. The molecule has 5 aromatic rings. The Morgan fingerprint density at radius 1 is 0.780 bits per heavy atom. The number of nitriles is 1. The Morgan fingerprint density at radius 3 is 2.00 bits per heavy atom. The van der Waals surface area contributed by atoms with Gasteiger partial charge in [-0.1, -0.05) is 36.4 Å². The number of rotatable bonds is 14. The van der Waals surface area contributed by atoms with Gasteiger partial charge < -0.3 is 20.1 Å². The molecule has 1 aromatic heterocycles. The van der Waals surface area contributed by atoms with E-state index in [1.165, 1.54) is 6.07 Å². The monoisotopic (exact) mass is 711 g/mol. The standard InChI is InChI=1S/C37H37N5O6S2/c1-27-35(7-4-8-36(27)42(49(2,43)44)50(3,45)46)41(25-30-11-9-28(23-38)10-12-30)26-31-13-15-32(16-14-31)48-33-17-18-34(39)37(22-33)47-21-19-29-6-5-20-40-24-29/h4-18,20,22,24H,19,21,25-26,39H2,1-3H3. The smallest absolute Gasteiger partial charge is 0.245 e. The second kappa shape index (κ2) is 15.3. The Balaban J connectivity index is 1.38. The van der Waals surface area contributed by atoms with Crippen LogP contribution in [0, 0.1) is 18.3 Å². The van der Waals surface area contributed by atoms with Crippen LogP contribution < -0.4 is 23.8 Å². The van der Waals surface area contributed by atoms with E-state index in [1.807, 2.05) is 59.5 Å². The molecule has 1 heterocycles. The normalized spacial score (nSPS) is 11.4. The Bertz CT molecular complexity index is 2170. The van der Waals surface area contributed by atoms with Crippen LogP contribution in [-0.2, 0) is 39.6 Å². The summed E-state index contributed by atoms with van der Waals surface area (Å²) in [5.41, 5.74) is 11.2. The van der Waals surface area contributed by atoms with Crippen molar-refractivity contribution in [3.05, 3.63) is 137 Å². The molecule has 0 atom stereocenters. The third-order valence-corrected chi connectivity index (χ3v) is 11.0. The molecule has 13 heteroatoms. The number of anilines is 3. The number of ether oxygens (including phenoxy) is 2. The lowest BCUT2D eigenvalue weighted by Gasteiger charge is -2.30. The average molecular weight is 712 g/mol. The lowest BCUT2D eigenvalue weighted by molar-refractivity contribution is 0.322. The molecule has 0 saturated heterocycles. The average Bonchev–Trinajstić information content (AvgIpc) is 3.07. The largest absolute Gasteiger partial charge is 0.491 e. The van der Waals surface area contributed by atoms with E-state index < -0.39 is 20.0 Å². The van der Waals surface area contributed by atoms with Crippen LogP contribution in [0.25, 0.3) is 0 Å². The number of aromatic nitrogens is 1. The first kappa shape index (κ1) is 35.7. The van der Waals surface area contributed by atoms with Crippen molar-refractivity contribution in [3.8, 4) is 23.3 Å². The first-order chi connectivity index (χ1) is 23.8.